The first-order valence-corrected chi connectivity index (χ1v) is 11.0. The molecule has 0 bridgehead atoms. The Hall–Kier alpha value is -2.74. The Labute approximate surface area is 179 Å². The van der Waals surface area contributed by atoms with E-state index in [1.807, 2.05) is 11.8 Å². The molecule has 158 valence electrons. The van der Waals surface area contributed by atoms with Gasteiger partial charge in [0.15, 0.2) is 0 Å². The number of hydrogen-bond acceptors (Lipinski definition) is 5. The Morgan fingerprint density at radius 3 is 2.87 bits per heavy atom. The van der Waals surface area contributed by atoms with Crippen molar-refractivity contribution in [3.05, 3.63) is 52.7 Å². The van der Waals surface area contributed by atoms with Crippen LogP contribution in [-0.2, 0) is 0 Å². The van der Waals surface area contributed by atoms with Crippen LogP contribution in [0, 0.1) is 19.7 Å². The van der Waals surface area contributed by atoms with E-state index in [9.17, 15) is 9.18 Å². The molecule has 0 aliphatic heterocycles. The van der Waals surface area contributed by atoms with Crippen LogP contribution >= 0.6 is 11.3 Å². The summed E-state index contributed by atoms with van der Waals surface area (Å²) in [5.74, 6) is 0.377. The van der Waals surface area contributed by atoms with Crippen LogP contribution in [0.2, 0.25) is 0 Å². The van der Waals surface area contributed by atoms with Gasteiger partial charge in [0.05, 0.1) is 22.7 Å². The molecule has 1 aliphatic rings. The largest absolute Gasteiger partial charge is 0.494 e. The van der Waals surface area contributed by atoms with E-state index in [1.54, 1.807) is 31.5 Å². The van der Waals surface area contributed by atoms with Crippen LogP contribution in [0.4, 0.5) is 4.39 Å². The van der Waals surface area contributed by atoms with E-state index in [4.69, 9.17) is 4.74 Å². The number of nitrogens with zero attached hydrogens (tertiary/aromatic N) is 3. The second kappa shape index (κ2) is 8.95. The van der Waals surface area contributed by atoms with Gasteiger partial charge < -0.3 is 9.64 Å². The maximum atomic E-state index is 13.4. The number of hydrogen-bond donors (Lipinski definition) is 1. The number of halogens is 1. The maximum absolute atomic E-state index is 13.4. The van der Waals surface area contributed by atoms with Crippen LogP contribution < -0.4 is 4.74 Å². The van der Waals surface area contributed by atoms with Crippen molar-refractivity contribution in [1.29, 1.82) is 0 Å². The summed E-state index contributed by atoms with van der Waals surface area (Å²) in [7, 11) is 0. The number of benzene rings is 1. The lowest BCUT2D eigenvalue weighted by Crippen LogP contribution is -2.45. The summed E-state index contributed by atoms with van der Waals surface area (Å²) in [5.41, 5.74) is 1.94. The first-order chi connectivity index (χ1) is 14.5. The highest BCUT2D eigenvalue weighted by Crippen LogP contribution is 2.33. The summed E-state index contributed by atoms with van der Waals surface area (Å²) < 4.78 is 19.2. The molecule has 8 heteroatoms. The number of aromatic amines is 1. The standard InChI is InChI=1S/C22H25FN4O2S/c1-14-11-18(7-8-19(14)23)29-10-4-9-27(17-5-3-6-17)22(28)20-21(30-15(2)26-20)16-12-24-25-13-16/h7-8,11-13,17H,3-6,9-10H2,1-2H3,(H,24,25). The van der Waals surface area contributed by atoms with Gasteiger partial charge in [-0.25, -0.2) is 9.37 Å². The molecule has 1 aromatic carbocycles. The summed E-state index contributed by atoms with van der Waals surface area (Å²) in [5, 5.41) is 7.67. The van der Waals surface area contributed by atoms with E-state index >= 15 is 0 Å². The van der Waals surface area contributed by atoms with Crippen molar-refractivity contribution in [1.82, 2.24) is 20.1 Å². The number of H-pyrrole nitrogens is 1. The molecule has 1 fully saturated rings. The van der Waals surface area contributed by atoms with Crippen LogP contribution in [0.3, 0.4) is 0 Å². The Bertz CT molecular complexity index is 1010. The van der Waals surface area contributed by atoms with Crippen LogP contribution in [0.15, 0.2) is 30.6 Å². The van der Waals surface area contributed by atoms with Crippen molar-refractivity contribution < 1.29 is 13.9 Å². The maximum Gasteiger partial charge on any atom is 0.274 e. The molecule has 2 aromatic heterocycles. The average molecular weight is 429 g/mol. The molecule has 0 spiro atoms. The number of aromatic nitrogens is 3. The van der Waals surface area contributed by atoms with E-state index in [1.165, 1.54) is 17.4 Å². The van der Waals surface area contributed by atoms with E-state index < -0.39 is 0 Å². The van der Waals surface area contributed by atoms with E-state index in [-0.39, 0.29) is 17.8 Å². The monoisotopic (exact) mass is 428 g/mol. The number of aryl methyl sites for hydroxylation is 2. The molecule has 0 saturated heterocycles. The van der Waals surface area contributed by atoms with E-state index in [0.717, 1.165) is 34.7 Å². The molecule has 2 heterocycles. The van der Waals surface area contributed by atoms with E-state index in [2.05, 4.69) is 15.2 Å². The lowest BCUT2D eigenvalue weighted by atomic mass is 9.91. The zero-order valence-corrected chi connectivity index (χ0v) is 18.0. The fraction of sp³-hybridized carbons (Fsp3) is 0.409. The second-order valence-electron chi connectivity index (χ2n) is 7.59. The fourth-order valence-electron chi connectivity index (χ4n) is 3.56. The molecule has 0 radical (unpaired) electrons. The molecular formula is C22H25FN4O2S. The van der Waals surface area contributed by atoms with Crippen LogP contribution in [0.25, 0.3) is 10.4 Å². The van der Waals surface area contributed by atoms with Crippen molar-refractivity contribution in [2.45, 2.75) is 45.6 Å². The minimum atomic E-state index is -0.240. The van der Waals surface area contributed by atoms with Gasteiger partial charge in [0.1, 0.15) is 17.3 Å². The van der Waals surface area contributed by atoms with Crippen molar-refractivity contribution in [2.75, 3.05) is 13.2 Å². The summed E-state index contributed by atoms with van der Waals surface area (Å²) in [6, 6.07) is 4.99. The minimum absolute atomic E-state index is 0.0297. The SMILES string of the molecule is Cc1nc(C(=O)N(CCCOc2ccc(F)c(C)c2)C2CCC2)c(-c2cn[nH]c2)s1. The molecule has 1 aliphatic carbocycles. The smallest absolute Gasteiger partial charge is 0.274 e. The summed E-state index contributed by atoms with van der Waals surface area (Å²) >= 11 is 1.51. The van der Waals surface area contributed by atoms with Gasteiger partial charge in [-0.05, 0) is 63.3 Å². The average Bonchev–Trinajstić information content (AvgIpc) is 3.34. The van der Waals surface area contributed by atoms with E-state index in [0.29, 0.717) is 36.6 Å². The molecule has 1 N–H and O–H groups in total. The molecular weight excluding hydrogens is 403 g/mol. The van der Waals surface area contributed by atoms with Crippen molar-refractivity contribution in [3.63, 3.8) is 0 Å². The number of carbonyl (C=O) groups is 1. The summed E-state index contributed by atoms with van der Waals surface area (Å²) in [4.78, 5) is 20.8. The van der Waals surface area contributed by atoms with Crippen molar-refractivity contribution >= 4 is 17.2 Å². The number of rotatable bonds is 8. The predicted octanol–water partition coefficient (Wildman–Crippen LogP) is 4.75. The lowest BCUT2D eigenvalue weighted by Gasteiger charge is -2.37. The van der Waals surface area contributed by atoms with Gasteiger partial charge in [-0.15, -0.1) is 11.3 Å². The third-order valence-electron chi connectivity index (χ3n) is 5.41. The molecule has 4 rings (SSSR count). The molecule has 6 nitrogen and oxygen atoms in total. The highest BCUT2D eigenvalue weighted by molar-refractivity contribution is 7.15. The first-order valence-electron chi connectivity index (χ1n) is 10.2. The quantitative estimate of drug-likeness (QED) is 0.526. The molecule has 30 heavy (non-hydrogen) atoms. The first kappa shape index (κ1) is 20.5. The van der Waals surface area contributed by atoms with Gasteiger partial charge in [-0.3, -0.25) is 9.89 Å². The molecule has 1 saturated carbocycles. The van der Waals surface area contributed by atoms with Gasteiger partial charge in [-0.1, -0.05) is 0 Å². The normalized spacial score (nSPS) is 13.8. The Kier molecular flexibility index (Phi) is 6.13. The van der Waals surface area contributed by atoms with Crippen LogP contribution in [-0.4, -0.2) is 45.2 Å². The van der Waals surface area contributed by atoms with Gasteiger partial charge >= 0.3 is 0 Å². The summed E-state index contributed by atoms with van der Waals surface area (Å²) in [6.07, 6.45) is 7.39. The van der Waals surface area contributed by atoms with Crippen LogP contribution in [0.1, 0.15) is 46.7 Å². The minimum Gasteiger partial charge on any atom is -0.494 e. The van der Waals surface area contributed by atoms with Crippen LogP contribution in [0.5, 0.6) is 5.75 Å². The molecule has 0 unspecified atom stereocenters. The number of thiazole rings is 1. The third-order valence-corrected chi connectivity index (χ3v) is 6.43. The van der Waals surface area contributed by atoms with Crippen molar-refractivity contribution in [3.8, 4) is 16.2 Å². The Balaban J connectivity index is 1.43. The van der Waals surface area contributed by atoms with Gasteiger partial charge in [0, 0.05) is 24.3 Å². The van der Waals surface area contributed by atoms with Crippen molar-refractivity contribution in [2.24, 2.45) is 0 Å². The van der Waals surface area contributed by atoms with Gasteiger partial charge in [0.25, 0.3) is 5.91 Å². The molecule has 0 atom stereocenters. The fourth-order valence-corrected chi connectivity index (χ4v) is 4.45. The second-order valence-corrected chi connectivity index (χ2v) is 8.80. The number of ether oxygens (including phenoxy) is 1. The highest BCUT2D eigenvalue weighted by Gasteiger charge is 2.32. The zero-order valence-electron chi connectivity index (χ0n) is 17.2. The topological polar surface area (TPSA) is 71.1 Å². The number of amides is 1. The Morgan fingerprint density at radius 1 is 1.37 bits per heavy atom. The molecule has 1 amide bonds. The third kappa shape index (κ3) is 4.38. The predicted molar refractivity (Wildman–Crippen MR) is 114 cm³/mol. The van der Waals surface area contributed by atoms with Gasteiger partial charge in [-0.2, -0.15) is 5.10 Å². The zero-order chi connectivity index (χ0) is 21.1. The molecule has 3 aromatic rings. The van der Waals surface area contributed by atoms with Gasteiger partial charge in [0.2, 0.25) is 0 Å². The number of nitrogens with one attached hydrogen (secondary N) is 1. The Morgan fingerprint density at radius 2 is 2.20 bits per heavy atom. The highest BCUT2D eigenvalue weighted by atomic mass is 32.1. The lowest BCUT2D eigenvalue weighted by molar-refractivity contribution is 0.0561. The summed E-state index contributed by atoms with van der Waals surface area (Å²) in [6.45, 7) is 4.70. The number of carbonyl (C=O) groups excluding carboxylic acids is 1.